The minimum atomic E-state index is -0.264. The highest BCUT2D eigenvalue weighted by molar-refractivity contribution is 9.10. The first-order valence-corrected chi connectivity index (χ1v) is 7.25. The maximum absolute atomic E-state index is 13.6. The summed E-state index contributed by atoms with van der Waals surface area (Å²) >= 11 is 3.33. The number of rotatable bonds is 5. The number of ether oxygens (including phenoxy) is 1. The van der Waals surface area contributed by atoms with Gasteiger partial charge in [-0.15, -0.1) is 0 Å². The molecule has 0 fully saturated rings. The number of hydrogen-bond acceptors (Lipinski definition) is 2. The van der Waals surface area contributed by atoms with Gasteiger partial charge in [0.1, 0.15) is 18.2 Å². The maximum Gasteiger partial charge on any atom is 0.129 e. The summed E-state index contributed by atoms with van der Waals surface area (Å²) in [6.07, 6.45) is 0.794. The van der Waals surface area contributed by atoms with Crippen molar-refractivity contribution in [3.05, 3.63) is 63.9 Å². The zero-order valence-corrected chi connectivity index (χ0v) is 12.9. The lowest BCUT2D eigenvalue weighted by Crippen LogP contribution is -2.17. The van der Waals surface area contributed by atoms with Gasteiger partial charge in [0.25, 0.3) is 0 Å². The van der Waals surface area contributed by atoms with Crippen molar-refractivity contribution >= 4 is 15.9 Å². The van der Waals surface area contributed by atoms with Gasteiger partial charge in [0.2, 0.25) is 0 Å². The SMILES string of the molecule is CC(N)Cc1cccc(OCc2cc(Br)ccc2F)c1. The van der Waals surface area contributed by atoms with E-state index in [0.717, 1.165) is 22.2 Å². The Balaban J connectivity index is 2.05. The highest BCUT2D eigenvalue weighted by atomic mass is 79.9. The van der Waals surface area contributed by atoms with E-state index in [4.69, 9.17) is 10.5 Å². The van der Waals surface area contributed by atoms with E-state index >= 15 is 0 Å². The third kappa shape index (κ3) is 4.32. The summed E-state index contributed by atoms with van der Waals surface area (Å²) in [6.45, 7) is 2.16. The molecule has 4 heteroatoms. The van der Waals surface area contributed by atoms with Crippen LogP contribution < -0.4 is 10.5 Å². The van der Waals surface area contributed by atoms with Crippen molar-refractivity contribution in [3.8, 4) is 5.75 Å². The van der Waals surface area contributed by atoms with Crippen LogP contribution in [0.3, 0.4) is 0 Å². The van der Waals surface area contributed by atoms with Crippen LogP contribution in [0.15, 0.2) is 46.9 Å². The summed E-state index contributed by atoms with van der Waals surface area (Å²) < 4.78 is 20.1. The van der Waals surface area contributed by atoms with Gasteiger partial charge in [-0.2, -0.15) is 0 Å². The molecule has 0 heterocycles. The Morgan fingerprint density at radius 1 is 1.25 bits per heavy atom. The molecular formula is C16H17BrFNO. The lowest BCUT2D eigenvalue weighted by atomic mass is 10.1. The molecular weight excluding hydrogens is 321 g/mol. The van der Waals surface area contributed by atoms with Gasteiger partial charge in [-0.3, -0.25) is 0 Å². The average Bonchev–Trinajstić information content (AvgIpc) is 2.39. The lowest BCUT2D eigenvalue weighted by molar-refractivity contribution is 0.299. The fraction of sp³-hybridized carbons (Fsp3) is 0.250. The van der Waals surface area contributed by atoms with E-state index in [1.165, 1.54) is 6.07 Å². The van der Waals surface area contributed by atoms with E-state index in [0.29, 0.717) is 5.56 Å². The average molecular weight is 338 g/mol. The van der Waals surface area contributed by atoms with Gasteiger partial charge in [-0.1, -0.05) is 28.1 Å². The van der Waals surface area contributed by atoms with Crippen LogP contribution in [0, 0.1) is 5.82 Å². The topological polar surface area (TPSA) is 35.2 Å². The molecule has 0 aliphatic rings. The van der Waals surface area contributed by atoms with Gasteiger partial charge in [0.15, 0.2) is 0 Å². The van der Waals surface area contributed by atoms with Crippen LogP contribution in [-0.4, -0.2) is 6.04 Å². The fourth-order valence-electron chi connectivity index (χ4n) is 1.95. The van der Waals surface area contributed by atoms with Crippen LogP contribution in [0.4, 0.5) is 4.39 Å². The van der Waals surface area contributed by atoms with Gasteiger partial charge >= 0.3 is 0 Å². The summed E-state index contributed by atoms with van der Waals surface area (Å²) in [7, 11) is 0. The molecule has 1 atom stereocenters. The zero-order chi connectivity index (χ0) is 14.5. The van der Waals surface area contributed by atoms with Crippen LogP contribution in [0.2, 0.25) is 0 Å². The predicted molar refractivity (Wildman–Crippen MR) is 82.2 cm³/mol. The van der Waals surface area contributed by atoms with Crippen LogP contribution in [0.1, 0.15) is 18.1 Å². The Bertz CT molecular complexity index is 586. The Kier molecular flexibility index (Phi) is 5.15. The second-order valence-corrected chi connectivity index (χ2v) is 5.77. The normalized spacial score (nSPS) is 12.2. The van der Waals surface area contributed by atoms with E-state index in [-0.39, 0.29) is 18.5 Å². The van der Waals surface area contributed by atoms with Gasteiger partial charge in [-0.05, 0) is 49.2 Å². The second kappa shape index (κ2) is 6.86. The molecule has 0 aromatic heterocycles. The fourth-order valence-corrected chi connectivity index (χ4v) is 2.36. The first-order valence-electron chi connectivity index (χ1n) is 6.46. The van der Waals surface area contributed by atoms with E-state index < -0.39 is 0 Å². The summed E-state index contributed by atoms with van der Waals surface area (Å²) in [5.74, 6) is 0.461. The molecule has 0 radical (unpaired) electrons. The minimum absolute atomic E-state index is 0.104. The van der Waals surface area contributed by atoms with Crippen molar-refractivity contribution < 1.29 is 9.13 Å². The monoisotopic (exact) mass is 337 g/mol. The summed E-state index contributed by atoms with van der Waals surface area (Å²) in [5, 5.41) is 0. The third-order valence-corrected chi connectivity index (χ3v) is 3.35. The smallest absolute Gasteiger partial charge is 0.129 e. The van der Waals surface area contributed by atoms with Gasteiger partial charge in [-0.25, -0.2) is 4.39 Å². The molecule has 1 unspecified atom stereocenters. The highest BCUT2D eigenvalue weighted by Crippen LogP contribution is 2.19. The number of hydrogen-bond donors (Lipinski definition) is 1. The Hall–Kier alpha value is -1.39. The van der Waals surface area contributed by atoms with Gasteiger partial charge < -0.3 is 10.5 Å². The molecule has 20 heavy (non-hydrogen) atoms. The molecule has 0 spiro atoms. The number of benzene rings is 2. The van der Waals surface area contributed by atoms with Gasteiger partial charge in [0.05, 0.1) is 0 Å². The Morgan fingerprint density at radius 2 is 2.05 bits per heavy atom. The molecule has 2 aromatic carbocycles. The number of halogens is 2. The largest absolute Gasteiger partial charge is 0.489 e. The van der Waals surface area contributed by atoms with E-state index in [9.17, 15) is 4.39 Å². The molecule has 2 nitrogen and oxygen atoms in total. The molecule has 0 aliphatic heterocycles. The quantitative estimate of drug-likeness (QED) is 0.892. The highest BCUT2D eigenvalue weighted by Gasteiger charge is 2.05. The Morgan fingerprint density at radius 3 is 2.80 bits per heavy atom. The molecule has 0 bridgehead atoms. The zero-order valence-electron chi connectivity index (χ0n) is 11.3. The summed E-state index contributed by atoms with van der Waals surface area (Å²) in [6, 6.07) is 12.7. The molecule has 2 N–H and O–H groups in total. The molecule has 0 aliphatic carbocycles. The van der Waals surface area contributed by atoms with Crippen molar-refractivity contribution in [1.82, 2.24) is 0 Å². The van der Waals surface area contributed by atoms with Crippen LogP contribution in [0.5, 0.6) is 5.75 Å². The first kappa shape index (κ1) is 15.0. The van der Waals surface area contributed by atoms with E-state index in [2.05, 4.69) is 15.9 Å². The lowest BCUT2D eigenvalue weighted by Gasteiger charge is -2.10. The van der Waals surface area contributed by atoms with Gasteiger partial charge in [0, 0.05) is 16.1 Å². The minimum Gasteiger partial charge on any atom is -0.489 e. The van der Waals surface area contributed by atoms with Crippen molar-refractivity contribution in [1.29, 1.82) is 0 Å². The Labute approximate surface area is 126 Å². The number of nitrogens with two attached hydrogens (primary N) is 1. The maximum atomic E-state index is 13.6. The summed E-state index contributed by atoms with van der Waals surface area (Å²) in [4.78, 5) is 0. The van der Waals surface area contributed by atoms with Crippen molar-refractivity contribution in [2.45, 2.75) is 26.0 Å². The molecule has 0 saturated heterocycles. The van der Waals surface area contributed by atoms with Crippen molar-refractivity contribution in [2.75, 3.05) is 0 Å². The predicted octanol–water partition coefficient (Wildman–Crippen LogP) is 4.06. The van der Waals surface area contributed by atoms with Crippen molar-refractivity contribution in [3.63, 3.8) is 0 Å². The molecule has 106 valence electrons. The summed E-state index contributed by atoms with van der Waals surface area (Å²) in [5.41, 5.74) is 7.42. The molecule has 2 rings (SSSR count). The van der Waals surface area contributed by atoms with Crippen LogP contribution in [0.25, 0.3) is 0 Å². The molecule has 2 aromatic rings. The van der Waals surface area contributed by atoms with Crippen LogP contribution in [-0.2, 0) is 13.0 Å². The van der Waals surface area contributed by atoms with Crippen LogP contribution >= 0.6 is 15.9 Å². The second-order valence-electron chi connectivity index (χ2n) is 4.85. The third-order valence-electron chi connectivity index (χ3n) is 2.86. The van der Waals surface area contributed by atoms with E-state index in [1.807, 2.05) is 31.2 Å². The van der Waals surface area contributed by atoms with E-state index in [1.54, 1.807) is 12.1 Å². The standard InChI is InChI=1S/C16H17BrFNO/c1-11(19)7-12-3-2-4-15(8-12)20-10-13-9-14(17)5-6-16(13)18/h2-6,8-9,11H,7,10,19H2,1H3. The first-order chi connectivity index (χ1) is 9.54. The molecule has 0 amide bonds. The molecule has 0 saturated carbocycles. The van der Waals surface area contributed by atoms with Crippen molar-refractivity contribution in [2.24, 2.45) is 5.73 Å².